The Balaban J connectivity index is 2.82. The van der Waals surface area contributed by atoms with Crippen molar-refractivity contribution in [3.05, 3.63) is 34.5 Å². The van der Waals surface area contributed by atoms with Gasteiger partial charge in [0.25, 0.3) is 5.56 Å². The summed E-state index contributed by atoms with van der Waals surface area (Å²) in [5.41, 5.74) is -0.400. The molecule has 1 heterocycles. The molecule has 0 radical (unpaired) electrons. The largest absolute Gasteiger partial charge is 0.481 e. The normalized spacial score (nSPS) is 9.92. The van der Waals surface area contributed by atoms with Crippen molar-refractivity contribution in [2.24, 2.45) is 0 Å². The number of halogens is 1. The summed E-state index contributed by atoms with van der Waals surface area (Å²) < 4.78 is 13.6. The number of aromatic nitrogens is 1. The minimum absolute atomic E-state index is 0.00801. The van der Waals surface area contributed by atoms with E-state index in [1.165, 1.54) is 0 Å². The van der Waals surface area contributed by atoms with Gasteiger partial charge in [0.1, 0.15) is 5.82 Å². The monoisotopic (exact) mass is 185 g/mol. The van der Waals surface area contributed by atoms with Gasteiger partial charge in [-0.3, -0.25) is 9.59 Å². The molecule has 1 aromatic heterocycles. The molecule has 5 heteroatoms. The molecule has 70 valence electrons. The van der Waals surface area contributed by atoms with Crippen molar-refractivity contribution in [2.75, 3.05) is 0 Å². The first-order valence-electron chi connectivity index (χ1n) is 3.67. The summed E-state index contributed by atoms with van der Waals surface area (Å²) in [4.78, 5) is 21.1. The molecule has 1 rings (SSSR count). The van der Waals surface area contributed by atoms with E-state index in [9.17, 15) is 14.0 Å². The van der Waals surface area contributed by atoms with Gasteiger partial charge in [0.05, 0.1) is 6.42 Å². The average molecular weight is 185 g/mol. The zero-order valence-electron chi connectivity index (χ0n) is 6.74. The predicted octanol–water partition coefficient (Wildman–Crippen LogP) is 0.462. The van der Waals surface area contributed by atoms with Crippen LogP contribution >= 0.6 is 0 Å². The summed E-state index contributed by atoms with van der Waals surface area (Å²) in [6.07, 6.45) is 0.800. The lowest BCUT2D eigenvalue weighted by Gasteiger charge is -2.01. The number of carbonyl (C=O) groups is 1. The Morgan fingerprint density at radius 2 is 2.23 bits per heavy atom. The van der Waals surface area contributed by atoms with Gasteiger partial charge in [0.2, 0.25) is 0 Å². The maximum atomic E-state index is 12.6. The lowest BCUT2D eigenvalue weighted by molar-refractivity contribution is -0.137. The molecule has 0 aliphatic rings. The Morgan fingerprint density at radius 3 is 2.85 bits per heavy atom. The molecule has 0 unspecified atom stereocenters. The third kappa shape index (κ3) is 2.70. The van der Waals surface area contributed by atoms with Crippen LogP contribution in [0.5, 0.6) is 0 Å². The zero-order valence-corrected chi connectivity index (χ0v) is 6.74. The van der Waals surface area contributed by atoms with Crippen LogP contribution in [0.1, 0.15) is 6.42 Å². The number of aryl methyl sites for hydroxylation is 1. The molecule has 0 fully saturated rings. The molecule has 0 aliphatic carbocycles. The smallest absolute Gasteiger partial charge is 0.305 e. The summed E-state index contributed by atoms with van der Waals surface area (Å²) in [7, 11) is 0. The van der Waals surface area contributed by atoms with Crippen molar-refractivity contribution in [2.45, 2.75) is 13.0 Å². The van der Waals surface area contributed by atoms with Crippen LogP contribution in [0.3, 0.4) is 0 Å². The fourth-order valence-electron chi connectivity index (χ4n) is 0.893. The number of carboxylic acids is 1. The van der Waals surface area contributed by atoms with Crippen molar-refractivity contribution in [1.82, 2.24) is 4.57 Å². The maximum absolute atomic E-state index is 12.6. The molecule has 0 saturated heterocycles. The number of nitrogens with zero attached hydrogens (tertiary/aromatic N) is 1. The van der Waals surface area contributed by atoms with Crippen LogP contribution in [-0.4, -0.2) is 15.6 Å². The van der Waals surface area contributed by atoms with Crippen LogP contribution in [0.25, 0.3) is 0 Å². The standard InChI is InChI=1S/C8H8FNO3/c9-6-1-2-7(11)10(5-6)4-3-8(12)13/h1-2,5H,3-4H2,(H,12,13). The number of carboxylic acid groups (broad SMARTS) is 1. The fourth-order valence-corrected chi connectivity index (χ4v) is 0.893. The molecule has 13 heavy (non-hydrogen) atoms. The van der Waals surface area contributed by atoms with Gasteiger partial charge in [0.15, 0.2) is 0 Å². The van der Waals surface area contributed by atoms with Gasteiger partial charge in [-0.05, 0) is 6.07 Å². The van der Waals surface area contributed by atoms with Gasteiger partial charge in [0, 0.05) is 18.8 Å². The SMILES string of the molecule is O=C(O)CCn1cc(F)ccc1=O. The van der Waals surface area contributed by atoms with Crippen molar-refractivity contribution in [1.29, 1.82) is 0 Å². The van der Waals surface area contributed by atoms with Crippen molar-refractivity contribution in [3.63, 3.8) is 0 Å². The summed E-state index contributed by atoms with van der Waals surface area (Å²) >= 11 is 0. The molecule has 0 bridgehead atoms. The Hall–Kier alpha value is -1.65. The molecule has 1 N–H and O–H groups in total. The molecule has 0 saturated carbocycles. The predicted molar refractivity (Wildman–Crippen MR) is 42.9 cm³/mol. The number of hydrogen-bond acceptors (Lipinski definition) is 2. The van der Waals surface area contributed by atoms with Gasteiger partial charge < -0.3 is 9.67 Å². The second-order valence-electron chi connectivity index (χ2n) is 2.52. The molecule has 0 spiro atoms. The maximum Gasteiger partial charge on any atom is 0.305 e. The number of hydrogen-bond donors (Lipinski definition) is 1. The van der Waals surface area contributed by atoms with Crippen LogP contribution in [0.2, 0.25) is 0 Å². The van der Waals surface area contributed by atoms with Crippen LogP contribution in [0.4, 0.5) is 4.39 Å². The highest BCUT2D eigenvalue weighted by Gasteiger charge is 2.00. The van der Waals surface area contributed by atoms with Gasteiger partial charge in [-0.2, -0.15) is 0 Å². The van der Waals surface area contributed by atoms with Crippen LogP contribution in [-0.2, 0) is 11.3 Å². The molecule has 0 atom stereocenters. The first kappa shape index (κ1) is 9.44. The topological polar surface area (TPSA) is 59.3 Å². The Bertz CT molecular complexity index is 372. The fraction of sp³-hybridized carbons (Fsp3) is 0.250. The molecule has 0 amide bonds. The first-order valence-corrected chi connectivity index (χ1v) is 3.67. The summed E-state index contributed by atoms with van der Waals surface area (Å²) in [5, 5.41) is 8.33. The zero-order chi connectivity index (χ0) is 9.84. The van der Waals surface area contributed by atoms with Crippen LogP contribution in [0, 0.1) is 5.82 Å². The number of aliphatic carboxylic acids is 1. The molecule has 1 aromatic rings. The quantitative estimate of drug-likeness (QED) is 0.744. The van der Waals surface area contributed by atoms with Crippen LogP contribution in [0.15, 0.2) is 23.1 Å². The minimum atomic E-state index is -1.02. The molecule has 0 aliphatic heterocycles. The summed E-state index contributed by atoms with van der Waals surface area (Å²) in [6, 6.07) is 2.11. The highest BCUT2D eigenvalue weighted by Crippen LogP contribution is 1.93. The first-order chi connectivity index (χ1) is 6.09. The third-order valence-electron chi connectivity index (χ3n) is 1.51. The minimum Gasteiger partial charge on any atom is -0.481 e. The highest BCUT2D eigenvalue weighted by molar-refractivity contribution is 5.66. The van der Waals surface area contributed by atoms with E-state index < -0.39 is 17.3 Å². The van der Waals surface area contributed by atoms with Crippen molar-refractivity contribution < 1.29 is 14.3 Å². The van der Waals surface area contributed by atoms with Crippen molar-refractivity contribution >= 4 is 5.97 Å². The second kappa shape index (κ2) is 3.84. The van der Waals surface area contributed by atoms with E-state index in [0.717, 1.165) is 22.9 Å². The van der Waals surface area contributed by atoms with E-state index in [0.29, 0.717) is 0 Å². The van der Waals surface area contributed by atoms with E-state index in [2.05, 4.69) is 0 Å². The lowest BCUT2D eigenvalue weighted by Crippen LogP contribution is -2.20. The van der Waals surface area contributed by atoms with Gasteiger partial charge in [-0.1, -0.05) is 0 Å². The molecular weight excluding hydrogens is 177 g/mol. The van der Waals surface area contributed by atoms with E-state index in [1.54, 1.807) is 0 Å². The number of rotatable bonds is 3. The summed E-state index contributed by atoms with van der Waals surface area (Å²) in [5.74, 6) is -1.57. The van der Waals surface area contributed by atoms with Crippen molar-refractivity contribution in [3.8, 4) is 0 Å². The highest BCUT2D eigenvalue weighted by atomic mass is 19.1. The van der Waals surface area contributed by atoms with Crippen LogP contribution < -0.4 is 5.56 Å². The second-order valence-corrected chi connectivity index (χ2v) is 2.52. The van der Waals surface area contributed by atoms with E-state index >= 15 is 0 Å². The van der Waals surface area contributed by atoms with E-state index in [1.807, 2.05) is 0 Å². The van der Waals surface area contributed by atoms with E-state index in [-0.39, 0.29) is 13.0 Å². The average Bonchev–Trinajstić information content (AvgIpc) is 2.06. The lowest BCUT2D eigenvalue weighted by atomic mass is 10.4. The van der Waals surface area contributed by atoms with Gasteiger partial charge in [-0.25, -0.2) is 4.39 Å². The Morgan fingerprint density at radius 1 is 1.54 bits per heavy atom. The Labute approximate surface area is 73.2 Å². The van der Waals surface area contributed by atoms with Gasteiger partial charge in [-0.15, -0.1) is 0 Å². The number of pyridine rings is 1. The molecular formula is C8H8FNO3. The Kier molecular flexibility index (Phi) is 2.79. The molecule has 4 nitrogen and oxygen atoms in total. The summed E-state index contributed by atoms with van der Waals surface area (Å²) in [6.45, 7) is -0.00801. The third-order valence-corrected chi connectivity index (χ3v) is 1.51. The van der Waals surface area contributed by atoms with E-state index in [4.69, 9.17) is 5.11 Å². The molecule has 0 aromatic carbocycles. The van der Waals surface area contributed by atoms with Gasteiger partial charge >= 0.3 is 5.97 Å².